The molecule has 174 valence electrons. The van der Waals surface area contributed by atoms with Crippen LogP contribution in [0.2, 0.25) is 0 Å². The summed E-state index contributed by atoms with van der Waals surface area (Å²) in [5.41, 5.74) is 0.836. The fourth-order valence-electron chi connectivity index (χ4n) is 2.30. The maximum Gasteiger partial charge on any atom is 0.291 e. The first kappa shape index (κ1) is 26.9. The van der Waals surface area contributed by atoms with Crippen LogP contribution in [-0.4, -0.2) is 52.0 Å². The molecule has 0 saturated heterocycles. The second kappa shape index (κ2) is 12.5. The van der Waals surface area contributed by atoms with Gasteiger partial charge in [-0.1, -0.05) is 12.1 Å². The van der Waals surface area contributed by atoms with Crippen molar-refractivity contribution in [2.75, 3.05) is 0 Å². The van der Waals surface area contributed by atoms with Gasteiger partial charge in [0, 0.05) is 12.1 Å². The Kier molecular flexibility index (Phi) is 10.5. The van der Waals surface area contributed by atoms with Gasteiger partial charge in [0.1, 0.15) is 34.7 Å². The normalized spacial score (nSPS) is 13.1. The van der Waals surface area contributed by atoms with Crippen LogP contribution < -0.4 is 4.74 Å². The third kappa shape index (κ3) is 10.5. The highest BCUT2D eigenvalue weighted by atomic mass is 16.9. The minimum Gasteiger partial charge on any atom is -0.508 e. The van der Waals surface area contributed by atoms with Gasteiger partial charge >= 0.3 is 0 Å². The Morgan fingerprint density at radius 2 is 1.25 bits per heavy atom. The van der Waals surface area contributed by atoms with Crippen molar-refractivity contribution in [1.29, 1.82) is 0 Å². The Hall–Kier alpha value is -5.09. The molecule has 1 atom stereocenters. The van der Waals surface area contributed by atoms with Crippen LogP contribution in [0.15, 0.2) is 36.4 Å². The van der Waals surface area contributed by atoms with Crippen molar-refractivity contribution in [1.82, 2.24) is 0 Å². The second-order valence-corrected chi connectivity index (χ2v) is 5.38. The number of nitrogens with zero attached hydrogens (tertiary/aromatic N) is 3. The number of hydrogen-bond donors (Lipinski definition) is 6. The molecule has 2 aromatic carbocycles. The average Bonchev–Trinajstić information content (AvgIpc) is 2.59. The predicted octanol–water partition coefficient (Wildman–Crippen LogP) is 1.47. The van der Waals surface area contributed by atoms with Crippen molar-refractivity contribution in [3.05, 3.63) is 77.9 Å². The summed E-state index contributed by atoms with van der Waals surface area (Å²) < 4.78 is 5.67. The van der Waals surface area contributed by atoms with Crippen LogP contribution >= 0.6 is 0 Å². The van der Waals surface area contributed by atoms with Gasteiger partial charge < -0.3 is 35.7 Å². The highest BCUT2D eigenvalue weighted by Crippen LogP contribution is 2.41. The zero-order valence-electron chi connectivity index (χ0n) is 15.5. The van der Waals surface area contributed by atoms with E-state index >= 15 is 0 Å². The third-order valence-electron chi connectivity index (χ3n) is 3.25. The minimum absolute atomic E-state index is 0.0934. The summed E-state index contributed by atoms with van der Waals surface area (Å²) in [6.45, 7) is 0. The summed E-state index contributed by atoms with van der Waals surface area (Å²) in [7, 11) is 0. The molecule has 3 rings (SSSR count). The number of fused-ring (bicyclic) bond motifs is 1. The number of phenolic OH excluding ortho intramolecular Hbond substituents is 3. The van der Waals surface area contributed by atoms with E-state index < -0.39 is 21.4 Å². The summed E-state index contributed by atoms with van der Waals surface area (Å²) >= 11 is 0. The molecule has 1 aliphatic heterocycles. The molecule has 6 N–H and O–H groups in total. The summed E-state index contributed by atoms with van der Waals surface area (Å²) in [4.78, 5) is 37.2. The summed E-state index contributed by atoms with van der Waals surface area (Å²) in [5.74, 6) is -0.403. The minimum atomic E-state index is -1.50. The lowest BCUT2D eigenvalue weighted by molar-refractivity contribution is -0.742. The number of ketones is 1. The Morgan fingerprint density at radius 3 is 1.69 bits per heavy atom. The fraction of sp³-hybridized carbons (Fsp3) is 0.133. The molecule has 17 heteroatoms. The van der Waals surface area contributed by atoms with Crippen LogP contribution in [0.5, 0.6) is 23.0 Å². The standard InChI is InChI=1S/C15H12O5.3HNO3/c16-9-3-1-8(2-4-9)13-7-12(19)15-11(18)5-10(17)6-14(15)20-13;3*2-1(3)4/h1-6,13,16-18H,7H2;3*(H,2,3,4). The zero-order chi connectivity index (χ0) is 25.0. The smallest absolute Gasteiger partial charge is 0.291 e. The average molecular weight is 461 g/mol. The highest BCUT2D eigenvalue weighted by Gasteiger charge is 2.30. The molecule has 1 unspecified atom stereocenters. The fourth-order valence-corrected chi connectivity index (χ4v) is 2.30. The molecule has 0 aliphatic carbocycles. The molecule has 0 aromatic heterocycles. The van der Waals surface area contributed by atoms with Crippen LogP contribution in [0.3, 0.4) is 0 Å². The van der Waals surface area contributed by atoms with Gasteiger partial charge in [-0.05, 0) is 17.7 Å². The number of ether oxygens (including phenoxy) is 1. The van der Waals surface area contributed by atoms with E-state index in [4.69, 9.17) is 50.7 Å². The van der Waals surface area contributed by atoms with Crippen molar-refractivity contribution in [2.24, 2.45) is 0 Å². The summed E-state index contributed by atoms with van der Waals surface area (Å²) in [6, 6.07) is 8.78. The summed E-state index contributed by atoms with van der Waals surface area (Å²) in [5, 5.41) is 69.4. The Balaban J connectivity index is 0.000000668. The number of carbonyl (C=O) groups excluding carboxylic acids is 1. The quantitative estimate of drug-likeness (QED) is 0.259. The number of aromatic hydroxyl groups is 3. The van der Waals surface area contributed by atoms with E-state index in [2.05, 4.69) is 0 Å². The van der Waals surface area contributed by atoms with E-state index in [9.17, 15) is 20.1 Å². The van der Waals surface area contributed by atoms with E-state index in [-0.39, 0.29) is 40.8 Å². The summed E-state index contributed by atoms with van der Waals surface area (Å²) in [6.07, 6.45) is -0.410. The highest BCUT2D eigenvalue weighted by molar-refractivity contribution is 6.02. The Labute approximate surface area is 175 Å². The zero-order valence-corrected chi connectivity index (χ0v) is 15.5. The van der Waals surface area contributed by atoms with Gasteiger partial charge in [0.25, 0.3) is 15.3 Å². The predicted molar refractivity (Wildman–Crippen MR) is 96.5 cm³/mol. The van der Waals surface area contributed by atoms with Crippen LogP contribution in [0.25, 0.3) is 0 Å². The molecule has 0 bridgehead atoms. The molecule has 2 aromatic rings. The first-order chi connectivity index (χ1) is 14.7. The van der Waals surface area contributed by atoms with Crippen LogP contribution in [0, 0.1) is 30.3 Å². The topological polar surface area (TPSA) is 277 Å². The number of Topliss-reactive ketones (excluding diaryl/α,β-unsaturated/α-hetero) is 1. The molecule has 0 radical (unpaired) electrons. The van der Waals surface area contributed by atoms with Gasteiger partial charge in [-0.2, -0.15) is 0 Å². The largest absolute Gasteiger partial charge is 0.508 e. The van der Waals surface area contributed by atoms with Crippen LogP contribution in [0.4, 0.5) is 0 Å². The molecular formula is C15H15N3O14. The van der Waals surface area contributed by atoms with Crippen molar-refractivity contribution in [2.45, 2.75) is 12.5 Å². The Morgan fingerprint density at radius 1 is 0.812 bits per heavy atom. The number of benzene rings is 2. The van der Waals surface area contributed by atoms with Gasteiger partial charge in [-0.25, -0.2) is 0 Å². The van der Waals surface area contributed by atoms with Gasteiger partial charge in [-0.15, -0.1) is 30.3 Å². The van der Waals surface area contributed by atoms with E-state index in [1.807, 2.05) is 0 Å². The SMILES string of the molecule is O=C1CC(c2ccc(O)cc2)Oc2cc(O)cc(O)c21.O=[N+]([O-])O.O=[N+]([O-])O.O=[N+]([O-])O. The Bertz CT molecular complexity index is 922. The van der Waals surface area contributed by atoms with Gasteiger partial charge in [0.2, 0.25) is 0 Å². The lowest BCUT2D eigenvalue weighted by atomic mass is 9.95. The first-order valence-corrected chi connectivity index (χ1v) is 7.79. The van der Waals surface area contributed by atoms with Crippen molar-refractivity contribution in [3.8, 4) is 23.0 Å². The first-order valence-electron chi connectivity index (χ1n) is 7.79. The molecule has 32 heavy (non-hydrogen) atoms. The van der Waals surface area contributed by atoms with E-state index in [1.54, 1.807) is 12.1 Å². The molecule has 1 heterocycles. The maximum atomic E-state index is 12.1. The molecule has 0 fully saturated rings. The molecule has 0 amide bonds. The molecule has 0 saturated carbocycles. The lowest BCUT2D eigenvalue weighted by Gasteiger charge is -2.26. The van der Waals surface area contributed by atoms with Gasteiger partial charge in [0.05, 0.1) is 6.42 Å². The maximum absolute atomic E-state index is 12.1. The number of carbonyl (C=O) groups is 1. The van der Waals surface area contributed by atoms with Crippen molar-refractivity contribution < 1.29 is 55.7 Å². The molecular weight excluding hydrogens is 446 g/mol. The molecule has 17 nitrogen and oxygen atoms in total. The monoisotopic (exact) mass is 461 g/mol. The van der Waals surface area contributed by atoms with Crippen LogP contribution in [-0.2, 0) is 0 Å². The molecule has 1 aliphatic rings. The van der Waals surface area contributed by atoms with Crippen molar-refractivity contribution >= 4 is 5.78 Å². The number of rotatable bonds is 1. The van der Waals surface area contributed by atoms with E-state index in [0.717, 1.165) is 11.6 Å². The number of hydrogen-bond acceptors (Lipinski definition) is 11. The molecule has 0 spiro atoms. The lowest BCUT2D eigenvalue weighted by Crippen LogP contribution is -2.20. The van der Waals surface area contributed by atoms with E-state index in [0.29, 0.717) is 0 Å². The van der Waals surface area contributed by atoms with Gasteiger partial charge in [0.15, 0.2) is 5.78 Å². The van der Waals surface area contributed by atoms with Crippen LogP contribution in [0.1, 0.15) is 28.4 Å². The number of phenols is 3. The van der Waals surface area contributed by atoms with Gasteiger partial charge in [-0.3, -0.25) is 4.79 Å². The third-order valence-corrected chi connectivity index (χ3v) is 3.25. The van der Waals surface area contributed by atoms with E-state index in [1.165, 1.54) is 18.2 Å². The van der Waals surface area contributed by atoms with Crippen molar-refractivity contribution in [3.63, 3.8) is 0 Å². The second-order valence-electron chi connectivity index (χ2n) is 5.38.